The molecule has 0 bridgehead atoms. The number of hydrogen-bond acceptors (Lipinski definition) is 5. The molecule has 4 rings (SSSR count). The lowest BCUT2D eigenvalue weighted by Gasteiger charge is -2.36. The number of benzene rings is 3. The van der Waals surface area contributed by atoms with Gasteiger partial charge in [-0.25, -0.2) is 8.42 Å². The molecule has 3 aromatic carbocycles. The number of sulfonamides is 1. The summed E-state index contributed by atoms with van der Waals surface area (Å²) >= 11 is 0. The molecule has 0 aliphatic carbocycles. The molecule has 34 heavy (non-hydrogen) atoms. The fraction of sp³-hybridized carbons (Fsp3) is 0.269. The number of ether oxygens (including phenoxy) is 1. The first kappa shape index (κ1) is 23.6. The van der Waals surface area contributed by atoms with Crippen LogP contribution in [0.25, 0.3) is 0 Å². The monoisotopic (exact) mass is 479 g/mol. The van der Waals surface area contributed by atoms with Gasteiger partial charge in [0.25, 0.3) is 10.0 Å². The summed E-state index contributed by atoms with van der Waals surface area (Å²) in [5.74, 6) is 0.748. The minimum atomic E-state index is -3.69. The third kappa shape index (κ3) is 5.51. The van der Waals surface area contributed by atoms with Crippen molar-refractivity contribution in [2.24, 2.45) is 0 Å². The van der Waals surface area contributed by atoms with E-state index in [4.69, 9.17) is 4.74 Å². The number of aryl methyl sites for hydroxylation is 1. The molecule has 0 saturated carbocycles. The fourth-order valence-electron chi connectivity index (χ4n) is 4.01. The number of nitrogens with zero attached hydrogens (tertiary/aromatic N) is 2. The smallest absolute Gasteiger partial charge is 0.261 e. The van der Waals surface area contributed by atoms with Crippen LogP contribution in [0.2, 0.25) is 0 Å². The van der Waals surface area contributed by atoms with E-state index in [0.717, 1.165) is 29.9 Å². The van der Waals surface area contributed by atoms with Crippen molar-refractivity contribution in [3.63, 3.8) is 0 Å². The molecule has 1 aliphatic rings. The number of hydrogen-bond donors (Lipinski definition) is 1. The van der Waals surface area contributed by atoms with Crippen molar-refractivity contribution >= 4 is 27.3 Å². The molecule has 178 valence electrons. The summed E-state index contributed by atoms with van der Waals surface area (Å²) in [6, 6.07) is 21.5. The molecule has 1 amide bonds. The van der Waals surface area contributed by atoms with Crippen LogP contribution >= 0.6 is 0 Å². The van der Waals surface area contributed by atoms with E-state index in [0.29, 0.717) is 30.9 Å². The highest BCUT2D eigenvalue weighted by atomic mass is 32.2. The lowest BCUT2D eigenvalue weighted by molar-refractivity contribution is -0.130. The highest BCUT2D eigenvalue weighted by Gasteiger charge is 2.22. The second-order valence-electron chi connectivity index (χ2n) is 8.30. The van der Waals surface area contributed by atoms with Crippen molar-refractivity contribution in [1.29, 1.82) is 0 Å². The van der Waals surface area contributed by atoms with E-state index in [-0.39, 0.29) is 10.8 Å². The van der Waals surface area contributed by atoms with Crippen molar-refractivity contribution in [2.45, 2.75) is 18.2 Å². The lowest BCUT2D eigenvalue weighted by atomic mass is 10.1. The molecule has 0 radical (unpaired) electrons. The topological polar surface area (TPSA) is 79.0 Å². The SMILES string of the molecule is COc1ccc(S(=O)(=O)Nc2ccc(N3CCN(C(=O)Cc4ccccc4C)CC3)cc2)cc1. The van der Waals surface area contributed by atoms with Crippen LogP contribution in [0.4, 0.5) is 11.4 Å². The maximum Gasteiger partial charge on any atom is 0.261 e. The van der Waals surface area contributed by atoms with Crippen LogP contribution in [-0.2, 0) is 21.2 Å². The summed E-state index contributed by atoms with van der Waals surface area (Å²) in [6.07, 6.45) is 0.426. The minimum absolute atomic E-state index is 0.150. The number of rotatable bonds is 7. The number of amides is 1. The van der Waals surface area contributed by atoms with Crippen molar-refractivity contribution in [3.8, 4) is 5.75 Å². The van der Waals surface area contributed by atoms with Crippen molar-refractivity contribution in [3.05, 3.63) is 83.9 Å². The molecule has 3 aromatic rings. The van der Waals surface area contributed by atoms with Gasteiger partial charge < -0.3 is 14.5 Å². The Hall–Kier alpha value is -3.52. The Kier molecular flexibility index (Phi) is 7.07. The second-order valence-corrected chi connectivity index (χ2v) is 9.98. The fourth-order valence-corrected chi connectivity index (χ4v) is 5.07. The van der Waals surface area contributed by atoms with Gasteiger partial charge in [-0.2, -0.15) is 0 Å². The summed E-state index contributed by atoms with van der Waals surface area (Å²) in [7, 11) is -2.15. The lowest BCUT2D eigenvalue weighted by Crippen LogP contribution is -2.49. The van der Waals surface area contributed by atoms with Crippen LogP contribution in [0.5, 0.6) is 5.75 Å². The Morgan fingerprint density at radius 3 is 2.18 bits per heavy atom. The van der Waals surface area contributed by atoms with Gasteiger partial charge in [0.05, 0.1) is 18.4 Å². The van der Waals surface area contributed by atoms with Gasteiger partial charge in [0.1, 0.15) is 5.75 Å². The van der Waals surface area contributed by atoms with E-state index in [1.165, 1.54) is 19.2 Å². The Morgan fingerprint density at radius 2 is 1.56 bits per heavy atom. The maximum absolute atomic E-state index is 12.7. The third-order valence-electron chi connectivity index (χ3n) is 6.09. The summed E-state index contributed by atoms with van der Waals surface area (Å²) in [4.78, 5) is 17.0. The number of piperazine rings is 1. The normalized spacial score (nSPS) is 14.1. The first-order valence-electron chi connectivity index (χ1n) is 11.2. The Balaban J connectivity index is 1.33. The zero-order valence-electron chi connectivity index (χ0n) is 19.4. The average Bonchev–Trinajstić information content (AvgIpc) is 2.86. The molecule has 1 heterocycles. The number of carbonyl (C=O) groups excluding carboxylic acids is 1. The van der Waals surface area contributed by atoms with Gasteiger partial charge in [-0.15, -0.1) is 0 Å². The standard InChI is InChI=1S/C26H29N3O4S/c1-20-5-3-4-6-21(20)19-26(30)29-17-15-28(16-18-29)23-9-7-22(8-10-23)27-34(31,32)25-13-11-24(33-2)12-14-25/h3-14,27H,15-19H2,1-2H3. The van der Waals surface area contributed by atoms with Gasteiger partial charge in [-0.1, -0.05) is 24.3 Å². The van der Waals surface area contributed by atoms with Crippen molar-refractivity contribution < 1.29 is 17.9 Å². The highest BCUT2D eigenvalue weighted by molar-refractivity contribution is 7.92. The molecule has 1 aliphatic heterocycles. The summed E-state index contributed by atoms with van der Waals surface area (Å²) in [6.45, 7) is 4.82. The number of anilines is 2. The quantitative estimate of drug-likeness (QED) is 0.559. The molecular formula is C26H29N3O4S. The third-order valence-corrected chi connectivity index (χ3v) is 7.49. The van der Waals surface area contributed by atoms with E-state index >= 15 is 0 Å². The highest BCUT2D eigenvalue weighted by Crippen LogP contribution is 2.23. The summed E-state index contributed by atoms with van der Waals surface area (Å²) < 4.78 is 33.0. The van der Waals surface area contributed by atoms with E-state index in [1.807, 2.05) is 48.2 Å². The predicted molar refractivity (Wildman–Crippen MR) is 134 cm³/mol. The molecule has 1 fully saturated rings. The first-order chi connectivity index (χ1) is 16.4. The van der Waals surface area contributed by atoms with Gasteiger partial charge in [0, 0.05) is 37.6 Å². The first-order valence-corrected chi connectivity index (χ1v) is 12.7. The number of carbonyl (C=O) groups is 1. The van der Waals surface area contributed by atoms with Crippen LogP contribution in [0.15, 0.2) is 77.7 Å². The zero-order chi connectivity index (χ0) is 24.1. The average molecular weight is 480 g/mol. The van der Waals surface area contributed by atoms with Gasteiger partial charge in [0.15, 0.2) is 0 Å². The van der Waals surface area contributed by atoms with Crippen LogP contribution in [0, 0.1) is 6.92 Å². The molecular weight excluding hydrogens is 450 g/mol. The largest absolute Gasteiger partial charge is 0.497 e. The number of methoxy groups -OCH3 is 1. The van der Waals surface area contributed by atoms with E-state index < -0.39 is 10.0 Å². The molecule has 8 heteroatoms. The van der Waals surface area contributed by atoms with Gasteiger partial charge in [-0.05, 0) is 66.6 Å². The molecule has 1 saturated heterocycles. The van der Waals surface area contributed by atoms with Crippen molar-refractivity contribution in [1.82, 2.24) is 4.90 Å². The summed E-state index contributed by atoms with van der Waals surface area (Å²) in [5.41, 5.74) is 3.70. The Bertz CT molecular complexity index is 1230. The van der Waals surface area contributed by atoms with Gasteiger partial charge >= 0.3 is 0 Å². The Labute approximate surface area is 201 Å². The van der Waals surface area contributed by atoms with Crippen LogP contribution in [0.1, 0.15) is 11.1 Å². The van der Waals surface area contributed by atoms with Crippen LogP contribution in [-0.4, -0.2) is 52.5 Å². The van der Waals surface area contributed by atoms with Crippen molar-refractivity contribution in [2.75, 3.05) is 42.9 Å². The van der Waals surface area contributed by atoms with Gasteiger partial charge in [-0.3, -0.25) is 9.52 Å². The molecule has 0 spiro atoms. The predicted octanol–water partition coefficient (Wildman–Crippen LogP) is 3.70. The minimum Gasteiger partial charge on any atom is -0.497 e. The second kappa shape index (κ2) is 10.2. The molecule has 7 nitrogen and oxygen atoms in total. The summed E-state index contributed by atoms with van der Waals surface area (Å²) in [5, 5.41) is 0. The van der Waals surface area contributed by atoms with E-state index in [2.05, 4.69) is 9.62 Å². The van der Waals surface area contributed by atoms with Gasteiger partial charge in [0.2, 0.25) is 5.91 Å². The van der Waals surface area contributed by atoms with Crippen LogP contribution in [0.3, 0.4) is 0 Å². The Morgan fingerprint density at radius 1 is 0.912 bits per heavy atom. The zero-order valence-corrected chi connectivity index (χ0v) is 20.2. The molecule has 0 atom stereocenters. The van der Waals surface area contributed by atoms with Crippen LogP contribution < -0.4 is 14.4 Å². The maximum atomic E-state index is 12.7. The molecule has 1 N–H and O–H groups in total. The van der Waals surface area contributed by atoms with E-state index in [9.17, 15) is 13.2 Å². The van der Waals surface area contributed by atoms with E-state index in [1.54, 1.807) is 24.3 Å². The molecule has 0 unspecified atom stereocenters. The number of nitrogens with one attached hydrogen (secondary N) is 1. The molecule has 0 aromatic heterocycles.